The normalized spacial score (nSPS) is 21.1. The highest BCUT2D eigenvalue weighted by molar-refractivity contribution is 6.01. The minimum absolute atomic E-state index is 0.297. The number of anilines is 1. The van der Waals surface area contributed by atoms with Crippen LogP contribution < -0.4 is 4.90 Å². The molecule has 0 saturated carbocycles. The second-order valence-electron chi connectivity index (χ2n) is 13.7. The van der Waals surface area contributed by atoms with Gasteiger partial charge in [-0.1, -0.05) is 115 Å². The summed E-state index contributed by atoms with van der Waals surface area (Å²) in [5.74, 6) is 0.586. The molecule has 2 unspecified atom stereocenters. The van der Waals surface area contributed by atoms with Gasteiger partial charge in [0.05, 0.1) is 17.4 Å². The Morgan fingerprint density at radius 3 is 2.54 bits per heavy atom. The summed E-state index contributed by atoms with van der Waals surface area (Å²) in [6, 6.07) is 20.8. The summed E-state index contributed by atoms with van der Waals surface area (Å²) >= 11 is 0. The first kappa shape index (κ1) is 30.5. The van der Waals surface area contributed by atoms with E-state index in [0.29, 0.717) is 12.0 Å². The molecule has 0 saturated heterocycles. The second kappa shape index (κ2) is 13.7. The molecule has 0 bridgehead atoms. The Hall–Kier alpha value is -4.82. The number of benzene rings is 3. The van der Waals surface area contributed by atoms with Crippen LogP contribution in [0.15, 0.2) is 151 Å². The fraction of sp³-hybridized carbons (Fsp3) is 0.261. The zero-order chi connectivity index (χ0) is 32.3. The van der Waals surface area contributed by atoms with E-state index in [2.05, 4.69) is 144 Å². The highest BCUT2D eigenvalue weighted by atomic mass is 15.2. The third kappa shape index (κ3) is 5.79. The van der Waals surface area contributed by atoms with Gasteiger partial charge >= 0.3 is 0 Å². The summed E-state index contributed by atoms with van der Waals surface area (Å²) in [5.41, 5.74) is 12.8. The van der Waals surface area contributed by atoms with E-state index in [1.54, 1.807) is 0 Å². The number of aryl methyl sites for hydroxylation is 1. The van der Waals surface area contributed by atoms with Crippen LogP contribution in [0.5, 0.6) is 0 Å². The third-order valence-corrected chi connectivity index (χ3v) is 10.7. The lowest BCUT2D eigenvalue weighted by atomic mass is 9.76. The van der Waals surface area contributed by atoms with Gasteiger partial charge in [0.2, 0.25) is 0 Å². The molecule has 5 aliphatic rings. The Morgan fingerprint density at radius 1 is 0.812 bits per heavy atom. The summed E-state index contributed by atoms with van der Waals surface area (Å²) in [6.07, 6.45) is 41.0. The molecule has 240 valence electrons. The number of fused-ring (bicyclic) bond motifs is 4. The average Bonchev–Trinajstić information content (AvgIpc) is 3.15. The van der Waals surface area contributed by atoms with Gasteiger partial charge in [0, 0.05) is 34.1 Å². The minimum Gasteiger partial charge on any atom is -0.337 e. The molecule has 0 heterocycles. The fourth-order valence-electron chi connectivity index (χ4n) is 8.40. The molecule has 2 nitrogen and oxygen atoms in total. The first-order chi connectivity index (χ1) is 23.8. The summed E-state index contributed by atoms with van der Waals surface area (Å²) in [5, 5.41) is 2.63. The predicted molar refractivity (Wildman–Crippen MR) is 205 cm³/mol. The molecule has 3 aromatic carbocycles. The fourth-order valence-corrected chi connectivity index (χ4v) is 8.40. The SMILES string of the molecule is C=CCCC=CN(C1=CC=C(N(C2=C3C=CCCC3Cc3ccccc32)C2C=CC=CC2)CC1)c1c2c(cc3ccccc13)CCC=C2. The van der Waals surface area contributed by atoms with Crippen LogP contribution in [0.3, 0.4) is 0 Å². The molecule has 48 heavy (non-hydrogen) atoms. The number of hydrogen-bond acceptors (Lipinski definition) is 2. The Bertz CT molecular complexity index is 1970. The highest BCUT2D eigenvalue weighted by Crippen LogP contribution is 2.46. The van der Waals surface area contributed by atoms with Gasteiger partial charge in [-0.3, -0.25) is 0 Å². The highest BCUT2D eigenvalue weighted by Gasteiger charge is 2.34. The van der Waals surface area contributed by atoms with E-state index in [4.69, 9.17) is 0 Å². The lowest BCUT2D eigenvalue weighted by Crippen LogP contribution is -2.36. The van der Waals surface area contributed by atoms with Crippen molar-refractivity contribution >= 4 is 28.2 Å². The van der Waals surface area contributed by atoms with Crippen LogP contribution in [0.4, 0.5) is 5.69 Å². The summed E-state index contributed by atoms with van der Waals surface area (Å²) in [7, 11) is 0. The molecular formula is C46H46N2. The molecule has 0 amide bonds. The maximum Gasteiger partial charge on any atom is 0.0605 e. The predicted octanol–water partition coefficient (Wildman–Crippen LogP) is 11.8. The van der Waals surface area contributed by atoms with Crippen LogP contribution in [0, 0.1) is 5.92 Å². The molecule has 0 fully saturated rings. The van der Waals surface area contributed by atoms with Crippen molar-refractivity contribution in [1.29, 1.82) is 0 Å². The molecule has 0 N–H and O–H groups in total. The van der Waals surface area contributed by atoms with Gasteiger partial charge in [-0.15, -0.1) is 6.58 Å². The summed E-state index contributed by atoms with van der Waals surface area (Å²) in [6.45, 7) is 3.97. The van der Waals surface area contributed by atoms with Crippen LogP contribution in [0.25, 0.3) is 22.5 Å². The van der Waals surface area contributed by atoms with E-state index in [0.717, 1.165) is 51.4 Å². The van der Waals surface area contributed by atoms with Crippen molar-refractivity contribution in [2.24, 2.45) is 5.92 Å². The van der Waals surface area contributed by atoms with Crippen LogP contribution in [-0.4, -0.2) is 10.9 Å². The summed E-state index contributed by atoms with van der Waals surface area (Å²) < 4.78 is 0. The standard InChI is InChI=1S/C46H46N2/c1-2-3-4-16-31-47(45-41-23-12-8-17-34(41)32-35-18-9-13-24-42(35)45)38-27-29-40(30-28-38)48(39-21-6-5-7-22-39)46-43-25-14-10-19-36(43)33-37-20-11-15-26-44(37)46/h2,5-8,10,12-17,19,21,23-27,29,31-32,37,39H,1,3-4,9,11,18,20,22,28,30,33H2. The molecule has 0 aromatic heterocycles. The van der Waals surface area contributed by atoms with Crippen molar-refractivity contribution in [3.63, 3.8) is 0 Å². The van der Waals surface area contributed by atoms with E-state index < -0.39 is 0 Å². The number of unbranched alkanes of at least 4 members (excludes halogenated alkanes) is 1. The Balaban J connectivity index is 1.26. The molecule has 3 aromatic rings. The number of allylic oxidation sites excluding steroid dienone is 12. The topological polar surface area (TPSA) is 6.48 Å². The number of rotatable bonds is 9. The molecule has 8 rings (SSSR count). The third-order valence-electron chi connectivity index (χ3n) is 10.7. The zero-order valence-corrected chi connectivity index (χ0v) is 28.0. The van der Waals surface area contributed by atoms with Crippen LogP contribution in [-0.2, 0) is 12.8 Å². The quantitative estimate of drug-likeness (QED) is 0.172. The maximum atomic E-state index is 3.97. The van der Waals surface area contributed by atoms with Crippen molar-refractivity contribution in [3.8, 4) is 0 Å². The van der Waals surface area contributed by atoms with E-state index in [1.165, 1.54) is 74.2 Å². The first-order valence-corrected chi connectivity index (χ1v) is 18.1. The van der Waals surface area contributed by atoms with Gasteiger partial charge < -0.3 is 9.80 Å². The van der Waals surface area contributed by atoms with Crippen molar-refractivity contribution in [1.82, 2.24) is 4.90 Å². The second-order valence-corrected chi connectivity index (χ2v) is 13.7. The molecule has 0 spiro atoms. The van der Waals surface area contributed by atoms with Crippen molar-refractivity contribution in [2.75, 3.05) is 4.90 Å². The number of hydrogen-bond donors (Lipinski definition) is 0. The van der Waals surface area contributed by atoms with E-state index in [1.807, 2.05) is 6.08 Å². The lowest BCUT2D eigenvalue weighted by Gasteiger charge is -2.43. The van der Waals surface area contributed by atoms with E-state index >= 15 is 0 Å². The van der Waals surface area contributed by atoms with Gasteiger partial charge in [-0.25, -0.2) is 0 Å². The van der Waals surface area contributed by atoms with Crippen molar-refractivity contribution in [2.45, 2.75) is 70.3 Å². The van der Waals surface area contributed by atoms with Crippen LogP contribution >= 0.6 is 0 Å². The van der Waals surface area contributed by atoms with Gasteiger partial charge in [-0.05, 0) is 104 Å². The minimum atomic E-state index is 0.297. The Labute approximate surface area is 286 Å². The molecular weight excluding hydrogens is 581 g/mol. The van der Waals surface area contributed by atoms with Crippen molar-refractivity contribution < 1.29 is 0 Å². The number of nitrogens with zero attached hydrogens (tertiary/aromatic N) is 2. The van der Waals surface area contributed by atoms with Gasteiger partial charge in [0.15, 0.2) is 0 Å². The van der Waals surface area contributed by atoms with Crippen molar-refractivity contribution in [3.05, 3.63) is 173 Å². The van der Waals surface area contributed by atoms with E-state index in [9.17, 15) is 0 Å². The van der Waals surface area contributed by atoms with Gasteiger partial charge in [-0.2, -0.15) is 0 Å². The lowest BCUT2D eigenvalue weighted by molar-refractivity contribution is 0.386. The van der Waals surface area contributed by atoms with Gasteiger partial charge in [0.25, 0.3) is 0 Å². The molecule has 0 aliphatic heterocycles. The molecule has 0 radical (unpaired) electrons. The zero-order valence-electron chi connectivity index (χ0n) is 28.0. The molecule has 2 heteroatoms. The summed E-state index contributed by atoms with van der Waals surface area (Å²) in [4.78, 5) is 5.23. The Kier molecular flexibility index (Phi) is 8.73. The van der Waals surface area contributed by atoms with Crippen LogP contribution in [0.1, 0.15) is 73.6 Å². The largest absolute Gasteiger partial charge is 0.337 e. The van der Waals surface area contributed by atoms with E-state index in [-0.39, 0.29) is 0 Å². The van der Waals surface area contributed by atoms with Crippen LogP contribution in [0.2, 0.25) is 0 Å². The molecule has 5 aliphatic carbocycles. The Morgan fingerprint density at radius 2 is 1.67 bits per heavy atom. The average molecular weight is 627 g/mol. The molecule has 2 atom stereocenters. The first-order valence-electron chi connectivity index (χ1n) is 18.1. The monoisotopic (exact) mass is 626 g/mol. The van der Waals surface area contributed by atoms with Gasteiger partial charge in [0.1, 0.15) is 0 Å². The maximum absolute atomic E-state index is 3.97. The smallest absolute Gasteiger partial charge is 0.0605 e.